The van der Waals surface area contributed by atoms with Gasteiger partial charge in [-0.1, -0.05) is 11.6 Å². The molecule has 10 heavy (non-hydrogen) atoms. The Morgan fingerprint density at radius 3 is 2.60 bits per heavy atom. The van der Waals surface area contributed by atoms with Gasteiger partial charge in [0.15, 0.2) is 0 Å². The van der Waals surface area contributed by atoms with Gasteiger partial charge >= 0.3 is 6.95 Å². The van der Waals surface area contributed by atoms with Crippen LogP contribution in [0.25, 0.3) is 0 Å². The molecular weight excluding hydrogens is 174 g/mol. The average molecular weight is 185 g/mol. The zero-order valence-corrected chi connectivity index (χ0v) is 7.52. The number of hydrogen-bond donors (Lipinski definition) is 1. The van der Waals surface area contributed by atoms with Crippen molar-refractivity contribution in [3.8, 4) is 0 Å². The van der Waals surface area contributed by atoms with Crippen LogP contribution in [0.5, 0.6) is 0 Å². The first kappa shape index (κ1) is 10.2. The Labute approximate surface area is 65.0 Å². The topological polar surface area (TPSA) is 46.5 Å². The largest absolute Gasteiger partial charge is 0.421 e. The fourth-order valence-corrected chi connectivity index (χ4v) is 0.723. The summed E-state index contributed by atoms with van der Waals surface area (Å²) in [5.41, 5.74) is 1.02. The lowest BCUT2D eigenvalue weighted by Crippen LogP contribution is -1.84. The summed E-state index contributed by atoms with van der Waals surface area (Å²) in [7, 11) is 0. The van der Waals surface area contributed by atoms with E-state index in [-0.39, 0.29) is 6.61 Å². The predicted octanol–water partition coefficient (Wildman–Crippen LogP) is 2.31. The summed E-state index contributed by atoms with van der Waals surface area (Å²) < 4.78 is 14.6. The summed E-state index contributed by atoms with van der Waals surface area (Å²) in [6, 6.07) is 0. The molecule has 0 aromatic rings. The van der Waals surface area contributed by atoms with Crippen molar-refractivity contribution in [3.05, 3.63) is 11.6 Å². The molecule has 0 bridgehead atoms. The van der Waals surface area contributed by atoms with Crippen molar-refractivity contribution in [2.24, 2.45) is 0 Å². The van der Waals surface area contributed by atoms with Gasteiger partial charge in [0.1, 0.15) is 0 Å². The monoisotopic (exact) mass is 184 g/mol. The molecule has 0 aromatic carbocycles. The first-order valence-corrected chi connectivity index (χ1v) is 5.20. The van der Waals surface area contributed by atoms with Gasteiger partial charge in [-0.25, -0.2) is 4.57 Å². The van der Waals surface area contributed by atoms with Crippen LogP contribution < -0.4 is 0 Å². The van der Waals surface area contributed by atoms with E-state index in [9.17, 15) is 4.57 Å². The molecule has 5 heteroatoms. The third-order valence-electron chi connectivity index (χ3n) is 0.725. The molecule has 60 valence electrons. The molecule has 0 aliphatic heterocycles. The van der Waals surface area contributed by atoms with E-state index >= 15 is 0 Å². The van der Waals surface area contributed by atoms with Crippen LogP contribution in [-0.2, 0) is 9.09 Å². The Morgan fingerprint density at radius 2 is 2.30 bits per heavy atom. The third-order valence-corrected chi connectivity index (χ3v) is 1.49. The van der Waals surface area contributed by atoms with E-state index in [1.165, 1.54) is 0 Å². The quantitative estimate of drug-likeness (QED) is 0.541. The van der Waals surface area contributed by atoms with Crippen molar-refractivity contribution in [3.63, 3.8) is 0 Å². The fourth-order valence-electron chi connectivity index (χ4n) is 0.296. The second kappa shape index (κ2) is 4.14. The molecule has 0 saturated heterocycles. The average Bonchev–Trinajstić information content (AvgIpc) is 1.59. The normalized spacial score (nSPS) is 16.0. The molecule has 0 saturated carbocycles. The van der Waals surface area contributed by atoms with Gasteiger partial charge in [0, 0.05) is 11.2 Å². The molecule has 1 N–H and O–H groups in total. The number of halogens is 1. The summed E-state index contributed by atoms with van der Waals surface area (Å²) in [6.45, 7) is 0.0107. The smallest absolute Gasteiger partial charge is 0.313 e. The first-order valence-electron chi connectivity index (χ1n) is 2.72. The molecule has 0 spiro atoms. The van der Waals surface area contributed by atoms with Crippen molar-refractivity contribution < 1.29 is 14.0 Å². The Hall–Kier alpha value is 0.180. The highest BCUT2D eigenvalue weighted by Crippen LogP contribution is 2.47. The van der Waals surface area contributed by atoms with Crippen molar-refractivity contribution in [1.29, 1.82) is 0 Å². The van der Waals surface area contributed by atoms with E-state index in [0.717, 1.165) is 5.57 Å². The predicted molar refractivity (Wildman–Crippen MR) is 41.1 cm³/mol. The van der Waals surface area contributed by atoms with E-state index in [2.05, 4.69) is 4.52 Å². The van der Waals surface area contributed by atoms with Gasteiger partial charge in [-0.3, -0.25) is 4.52 Å². The van der Waals surface area contributed by atoms with Gasteiger partial charge in [-0.2, -0.15) is 0 Å². The third kappa shape index (κ3) is 8.18. The van der Waals surface area contributed by atoms with Crippen LogP contribution in [0, 0.1) is 0 Å². The Kier molecular flexibility index (Phi) is 4.22. The standard InChI is InChI=1S/C5H10ClO3P/c1-5(2)3-4-9-10(6,7)8/h3H,4H2,1-2H3,(H,7,8). The van der Waals surface area contributed by atoms with Crippen LogP contribution in [0.1, 0.15) is 13.8 Å². The summed E-state index contributed by atoms with van der Waals surface area (Å²) in [6.07, 6.45) is 1.67. The second-order valence-corrected chi connectivity index (χ2v) is 4.47. The van der Waals surface area contributed by atoms with Crippen LogP contribution in [0.4, 0.5) is 0 Å². The van der Waals surface area contributed by atoms with E-state index in [1.807, 2.05) is 13.8 Å². The van der Waals surface area contributed by atoms with E-state index < -0.39 is 6.95 Å². The van der Waals surface area contributed by atoms with Gasteiger partial charge in [-0.05, 0) is 13.8 Å². The highest BCUT2D eigenvalue weighted by atomic mass is 35.7. The van der Waals surface area contributed by atoms with Crippen LogP contribution in [0.3, 0.4) is 0 Å². The molecule has 1 unspecified atom stereocenters. The molecule has 0 aliphatic carbocycles. The molecule has 0 aromatic heterocycles. The highest BCUT2D eigenvalue weighted by molar-refractivity contribution is 7.80. The number of hydrogen-bond acceptors (Lipinski definition) is 2. The van der Waals surface area contributed by atoms with Gasteiger partial charge in [0.05, 0.1) is 6.61 Å². The number of rotatable bonds is 3. The molecular formula is C5H10ClO3P. The molecule has 1 atom stereocenters. The molecule has 0 amide bonds. The van der Waals surface area contributed by atoms with Crippen LogP contribution >= 0.6 is 18.2 Å². The minimum absolute atomic E-state index is 0.0829. The Morgan fingerprint density at radius 1 is 1.80 bits per heavy atom. The van der Waals surface area contributed by atoms with Crippen molar-refractivity contribution in [1.82, 2.24) is 0 Å². The van der Waals surface area contributed by atoms with Crippen LogP contribution in [0.15, 0.2) is 11.6 Å². The molecule has 3 nitrogen and oxygen atoms in total. The number of allylic oxidation sites excluding steroid dienone is 1. The lowest BCUT2D eigenvalue weighted by atomic mass is 10.3. The Balaban J connectivity index is 3.58. The molecule has 0 radical (unpaired) electrons. The van der Waals surface area contributed by atoms with E-state index in [4.69, 9.17) is 16.1 Å². The minimum atomic E-state index is -3.79. The summed E-state index contributed by atoms with van der Waals surface area (Å²) >= 11 is 4.88. The summed E-state index contributed by atoms with van der Waals surface area (Å²) in [5.74, 6) is 0. The van der Waals surface area contributed by atoms with E-state index in [0.29, 0.717) is 0 Å². The molecule has 0 fully saturated rings. The van der Waals surface area contributed by atoms with Crippen LogP contribution in [0.2, 0.25) is 0 Å². The highest BCUT2D eigenvalue weighted by Gasteiger charge is 2.11. The van der Waals surface area contributed by atoms with E-state index in [1.54, 1.807) is 6.08 Å². The van der Waals surface area contributed by atoms with Gasteiger partial charge in [0.25, 0.3) is 0 Å². The molecule has 0 aliphatic rings. The maximum atomic E-state index is 10.3. The maximum absolute atomic E-state index is 10.3. The summed E-state index contributed by atoms with van der Waals surface area (Å²) in [5, 5.41) is 0. The summed E-state index contributed by atoms with van der Waals surface area (Å²) in [4.78, 5) is 8.40. The second-order valence-electron chi connectivity index (χ2n) is 2.03. The SMILES string of the molecule is CC(C)=CCOP(=O)(O)Cl. The Bertz CT molecular complexity index is 168. The fraction of sp³-hybridized carbons (Fsp3) is 0.600. The first-order chi connectivity index (χ1) is 4.42. The lowest BCUT2D eigenvalue weighted by Gasteiger charge is -2.00. The lowest BCUT2D eigenvalue weighted by molar-refractivity contribution is 0.304. The molecule has 0 rings (SSSR count). The van der Waals surface area contributed by atoms with Crippen molar-refractivity contribution >= 4 is 18.2 Å². The maximum Gasteiger partial charge on any atom is 0.421 e. The van der Waals surface area contributed by atoms with Gasteiger partial charge < -0.3 is 4.89 Å². The van der Waals surface area contributed by atoms with Crippen LogP contribution in [-0.4, -0.2) is 11.5 Å². The minimum Gasteiger partial charge on any atom is -0.313 e. The zero-order valence-electron chi connectivity index (χ0n) is 5.87. The van der Waals surface area contributed by atoms with Gasteiger partial charge in [-0.15, -0.1) is 0 Å². The zero-order chi connectivity index (χ0) is 8.20. The van der Waals surface area contributed by atoms with Crippen molar-refractivity contribution in [2.45, 2.75) is 13.8 Å². The van der Waals surface area contributed by atoms with Crippen molar-refractivity contribution in [2.75, 3.05) is 6.61 Å². The molecule has 0 heterocycles. The van der Waals surface area contributed by atoms with Gasteiger partial charge in [0.2, 0.25) is 0 Å².